The van der Waals surface area contributed by atoms with E-state index in [1.807, 2.05) is 12.1 Å². The zero-order valence-corrected chi connectivity index (χ0v) is 11.2. The summed E-state index contributed by atoms with van der Waals surface area (Å²) in [6.45, 7) is 0.672. The summed E-state index contributed by atoms with van der Waals surface area (Å²) in [5.74, 6) is 0.384. The van der Waals surface area contributed by atoms with Crippen LogP contribution in [0.1, 0.15) is 17.0 Å². The summed E-state index contributed by atoms with van der Waals surface area (Å²) in [7, 11) is 0. The molecule has 1 atom stereocenters. The summed E-state index contributed by atoms with van der Waals surface area (Å²) in [6.07, 6.45) is 0.974. The minimum atomic E-state index is 0.384. The fourth-order valence-corrected chi connectivity index (χ4v) is 2.44. The highest BCUT2D eigenvalue weighted by molar-refractivity contribution is 9.10. The minimum absolute atomic E-state index is 0.384. The number of nitrogens with two attached hydrogens (primary N) is 1. The van der Waals surface area contributed by atoms with Crippen LogP contribution in [-0.2, 0) is 6.42 Å². The van der Waals surface area contributed by atoms with Gasteiger partial charge in [-0.05, 0) is 30.2 Å². The summed E-state index contributed by atoms with van der Waals surface area (Å²) in [6, 6.07) is 18.8. The molecule has 1 unspecified atom stereocenters. The van der Waals surface area contributed by atoms with Gasteiger partial charge in [-0.25, -0.2) is 0 Å². The normalized spacial score (nSPS) is 12.4. The van der Waals surface area contributed by atoms with Crippen LogP contribution >= 0.6 is 15.9 Å². The van der Waals surface area contributed by atoms with Crippen molar-refractivity contribution in [1.29, 1.82) is 0 Å². The molecular formula is C15H16BrN. The SMILES string of the molecule is NCC(Cc1ccccc1Br)c1ccccc1. The molecule has 88 valence electrons. The Kier molecular flexibility index (Phi) is 4.35. The fourth-order valence-electron chi connectivity index (χ4n) is 1.99. The predicted molar refractivity (Wildman–Crippen MR) is 76.1 cm³/mol. The zero-order valence-electron chi connectivity index (χ0n) is 9.64. The van der Waals surface area contributed by atoms with Gasteiger partial charge in [0.15, 0.2) is 0 Å². The molecule has 0 saturated carbocycles. The average Bonchev–Trinajstić information content (AvgIpc) is 2.39. The lowest BCUT2D eigenvalue weighted by Gasteiger charge is -2.16. The summed E-state index contributed by atoms with van der Waals surface area (Å²) >= 11 is 3.59. The van der Waals surface area contributed by atoms with Gasteiger partial charge in [-0.15, -0.1) is 0 Å². The van der Waals surface area contributed by atoms with Crippen molar-refractivity contribution < 1.29 is 0 Å². The Bertz CT molecular complexity index is 467. The van der Waals surface area contributed by atoms with Crippen molar-refractivity contribution in [2.45, 2.75) is 12.3 Å². The van der Waals surface area contributed by atoms with E-state index in [2.05, 4.69) is 58.4 Å². The van der Waals surface area contributed by atoms with E-state index in [1.54, 1.807) is 0 Å². The van der Waals surface area contributed by atoms with Crippen molar-refractivity contribution in [2.75, 3.05) is 6.54 Å². The van der Waals surface area contributed by atoms with E-state index in [1.165, 1.54) is 11.1 Å². The van der Waals surface area contributed by atoms with Gasteiger partial charge in [0.2, 0.25) is 0 Å². The molecule has 0 aliphatic heterocycles. The Hall–Kier alpha value is -1.12. The van der Waals surface area contributed by atoms with Gasteiger partial charge in [0.25, 0.3) is 0 Å². The molecular weight excluding hydrogens is 274 g/mol. The van der Waals surface area contributed by atoms with E-state index >= 15 is 0 Å². The highest BCUT2D eigenvalue weighted by Crippen LogP contribution is 2.24. The van der Waals surface area contributed by atoms with Crippen LogP contribution in [0.5, 0.6) is 0 Å². The summed E-state index contributed by atoms with van der Waals surface area (Å²) in [5, 5.41) is 0. The summed E-state index contributed by atoms with van der Waals surface area (Å²) < 4.78 is 1.16. The van der Waals surface area contributed by atoms with Crippen molar-refractivity contribution in [3.05, 3.63) is 70.2 Å². The molecule has 1 nitrogen and oxygen atoms in total. The smallest absolute Gasteiger partial charge is 0.0207 e. The van der Waals surface area contributed by atoms with Crippen molar-refractivity contribution in [3.8, 4) is 0 Å². The first kappa shape index (κ1) is 12.3. The molecule has 2 heteroatoms. The van der Waals surface area contributed by atoms with E-state index in [0.29, 0.717) is 12.5 Å². The van der Waals surface area contributed by atoms with Crippen molar-refractivity contribution in [2.24, 2.45) is 5.73 Å². The summed E-state index contributed by atoms with van der Waals surface area (Å²) in [4.78, 5) is 0. The number of hydrogen-bond donors (Lipinski definition) is 1. The molecule has 0 fully saturated rings. The topological polar surface area (TPSA) is 26.0 Å². The molecule has 0 amide bonds. The van der Waals surface area contributed by atoms with Gasteiger partial charge in [-0.2, -0.15) is 0 Å². The van der Waals surface area contributed by atoms with Crippen LogP contribution in [0.25, 0.3) is 0 Å². The quantitative estimate of drug-likeness (QED) is 0.912. The molecule has 0 aromatic heterocycles. The van der Waals surface area contributed by atoms with Crippen LogP contribution in [0.15, 0.2) is 59.1 Å². The number of rotatable bonds is 4. The first-order valence-electron chi connectivity index (χ1n) is 5.79. The molecule has 2 N–H and O–H groups in total. The van der Waals surface area contributed by atoms with Gasteiger partial charge in [0.05, 0.1) is 0 Å². The fraction of sp³-hybridized carbons (Fsp3) is 0.200. The Morgan fingerprint density at radius 2 is 1.59 bits per heavy atom. The lowest BCUT2D eigenvalue weighted by atomic mass is 9.92. The first-order chi connectivity index (χ1) is 8.31. The molecule has 17 heavy (non-hydrogen) atoms. The van der Waals surface area contributed by atoms with Gasteiger partial charge >= 0.3 is 0 Å². The molecule has 2 aromatic carbocycles. The van der Waals surface area contributed by atoms with Crippen LogP contribution in [-0.4, -0.2) is 6.54 Å². The highest BCUT2D eigenvalue weighted by atomic mass is 79.9. The largest absolute Gasteiger partial charge is 0.330 e. The van der Waals surface area contributed by atoms with E-state index in [0.717, 1.165) is 10.9 Å². The average molecular weight is 290 g/mol. The Balaban J connectivity index is 2.19. The van der Waals surface area contributed by atoms with Crippen molar-refractivity contribution in [3.63, 3.8) is 0 Å². The maximum absolute atomic E-state index is 5.89. The molecule has 0 saturated heterocycles. The zero-order chi connectivity index (χ0) is 12.1. The summed E-state index contributed by atoms with van der Waals surface area (Å²) in [5.41, 5.74) is 8.51. The second kappa shape index (κ2) is 5.99. The van der Waals surface area contributed by atoms with Crippen LogP contribution in [0.4, 0.5) is 0 Å². The van der Waals surface area contributed by atoms with E-state index in [4.69, 9.17) is 5.73 Å². The van der Waals surface area contributed by atoms with E-state index < -0.39 is 0 Å². The standard InChI is InChI=1S/C15H16BrN/c16-15-9-5-4-8-13(15)10-14(11-17)12-6-2-1-3-7-12/h1-9,14H,10-11,17H2. The highest BCUT2D eigenvalue weighted by Gasteiger charge is 2.11. The molecule has 2 aromatic rings. The Morgan fingerprint density at radius 3 is 2.24 bits per heavy atom. The second-order valence-corrected chi connectivity index (χ2v) is 4.99. The molecule has 2 rings (SSSR count). The van der Waals surface area contributed by atoms with Gasteiger partial charge in [0, 0.05) is 10.4 Å². The van der Waals surface area contributed by atoms with Gasteiger partial charge in [-0.1, -0.05) is 64.5 Å². The van der Waals surface area contributed by atoms with E-state index in [9.17, 15) is 0 Å². The predicted octanol–water partition coefficient (Wildman–Crippen LogP) is 3.73. The van der Waals surface area contributed by atoms with Crippen LogP contribution in [0.2, 0.25) is 0 Å². The molecule has 0 radical (unpaired) electrons. The van der Waals surface area contributed by atoms with Gasteiger partial charge in [-0.3, -0.25) is 0 Å². The first-order valence-corrected chi connectivity index (χ1v) is 6.59. The Labute approximate surface area is 111 Å². The number of halogens is 1. The Morgan fingerprint density at radius 1 is 0.941 bits per heavy atom. The minimum Gasteiger partial charge on any atom is -0.330 e. The third-order valence-electron chi connectivity index (χ3n) is 2.98. The third-order valence-corrected chi connectivity index (χ3v) is 3.75. The van der Waals surface area contributed by atoms with Crippen LogP contribution in [0, 0.1) is 0 Å². The lowest BCUT2D eigenvalue weighted by Crippen LogP contribution is -2.15. The van der Waals surface area contributed by atoms with Crippen LogP contribution in [0.3, 0.4) is 0 Å². The van der Waals surface area contributed by atoms with Gasteiger partial charge in [0.1, 0.15) is 0 Å². The van der Waals surface area contributed by atoms with E-state index in [-0.39, 0.29) is 0 Å². The van der Waals surface area contributed by atoms with Crippen molar-refractivity contribution in [1.82, 2.24) is 0 Å². The molecule has 0 heterocycles. The lowest BCUT2D eigenvalue weighted by molar-refractivity contribution is 0.693. The monoisotopic (exact) mass is 289 g/mol. The van der Waals surface area contributed by atoms with Crippen molar-refractivity contribution >= 4 is 15.9 Å². The molecule has 0 aliphatic carbocycles. The number of hydrogen-bond acceptors (Lipinski definition) is 1. The number of benzene rings is 2. The third kappa shape index (κ3) is 3.18. The molecule has 0 spiro atoms. The maximum Gasteiger partial charge on any atom is 0.0207 e. The molecule has 0 bridgehead atoms. The molecule has 0 aliphatic rings. The maximum atomic E-state index is 5.89. The van der Waals surface area contributed by atoms with Gasteiger partial charge < -0.3 is 5.73 Å². The van der Waals surface area contributed by atoms with Crippen LogP contribution < -0.4 is 5.73 Å². The second-order valence-electron chi connectivity index (χ2n) is 4.14.